The number of rotatable bonds is 4. The second kappa shape index (κ2) is 8.32. The molecule has 2 aromatic carbocycles. The second-order valence-electron chi connectivity index (χ2n) is 7.48. The minimum Gasteiger partial charge on any atom is -0.350 e. The maximum Gasteiger partial charge on any atom is 0.283 e. The van der Waals surface area contributed by atoms with E-state index in [2.05, 4.69) is 5.32 Å². The third kappa shape index (κ3) is 3.71. The Morgan fingerprint density at radius 1 is 0.967 bits per heavy atom. The highest BCUT2D eigenvalue weighted by molar-refractivity contribution is 6.53. The van der Waals surface area contributed by atoms with Gasteiger partial charge in [0.15, 0.2) is 0 Å². The zero-order valence-electron chi connectivity index (χ0n) is 16.7. The van der Waals surface area contributed by atoms with E-state index >= 15 is 0 Å². The highest BCUT2D eigenvalue weighted by Gasteiger charge is 2.39. The summed E-state index contributed by atoms with van der Waals surface area (Å²) in [5.74, 6) is -1.13. The molecule has 6 nitrogen and oxygen atoms in total. The molecule has 154 valence electrons. The molecule has 0 unspecified atom stereocenters. The third-order valence-electron chi connectivity index (χ3n) is 5.41. The molecule has 0 aliphatic carbocycles. The third-order valence-corrected chi connectivity index (χ3v) is 5.76. The minimum atomic E-state index is -0.570. The molecule has 2 aromatic rings. The van der Waals surface area contributed by atoms with Crippen molar-refractivity contribution in [2.45, 2.75) is 26.2 Å². The number of imide groups is 1. The van der Waals surface area contributed by atoms with Gasteiger partial charge in [-0.1, -0.05) is 35.9 Å². The summed E-state index contributed by atoms with van der Waals surface area (Å²) in [5.41, 5.74) is 2.35. The molecule has 0 bridgehead atoms. The molecule has 0 aromatic heterocycles. The van der Waals surface area contributed by atoms with E-state index < -0.39 is 11.8 Å². The van der Waals surface area contributed by atoms with Gasteiger partial charge < -0.3 is 10.2 Å². The largest absolute Gasteiger partial charge is 0.350 e. The zero-order valence-corrected chi connectivity index (χ0v) is 17.4. The van der Waals surface area contributed by atoms with Crippen LogP contribution in [0.2, 0.25) is 0 Å². The molecule has 3 amide bonds. The van der Waals surface area contributed by atoms with Crippen molar-refractivity contribution in [3.8, 4) is 0 Å². The lowest BCUT2D eigenvalue weighted by atomic mass is 10.1. The maximum atomic E-state index is 13.0. The Balaban J connectivity index is 1.57. The van der Waals surface area contributed by atoms with Gasteiger partial charge in [0, 0.05) is 24.3 Å². The molecular weight excluding hydrogens is 402 g/mol. The summed E-state index contributed by atoms with van der Waals surface area (Å²) in [6.07, 6.45) is 3.17. The van der Waals surface area contributed by atoms with Gasteiger partial charge in [0.2, 0.25) is 0 Å². The van der Waals surface area contributed by atoms with Gasteiger partial charge >= 0.3 is 0 Å². The predicted octanol–water partition coefficient (Wildman–Crippen LogP) is 4.06. The molecular formula is C23H22ClN3O3. The number of carbonyl (C=O) groups is 3. The number of nitrogens with one attached hydrogen (secondary N) is 1. The van der Waals surface area contributed by atoms with E-state index in [-0.39, 0.29) is 16.6 Å². The molecule has 1 N–H and O–H groups in total. The normalized spacial score (nSPS) is 17.0. The fourth-order valence-corrected chi connectivity index (χ4v) is 4.01. The predicted molar refractivity (Wildman–Crippen MR) is 116 cm³/mol. The number of nitrogens with zero attached hydrogens (tertiary/aromatic N) is 2. The van der Waals surface area contributed by atoms with E-state index in [4.69, 9.17) is 11.6 Å². The number of amides is 3. The Bertz CT molecular complexity index is 1060. The number of benzene rings is 2. The number of hydrogen-bond donors (Lipinski definition) is 1. The van der Waals surface area contributed by atoms with Crippen LogP contribution in [0.25, 0.3) is 0 Å². The molecule has 0 spiro atoms. The molecule has 30 heavy (non-hydrogen) atoms. The first-order valence-corrected chi connectivity index (χ1v) is 10.4. The van der Waals surface area contributed by atoms with Crippen molar-refractivity contribution in [2.75, 3.05) is 23.3 Å². The number of anilines is 2. The van der Waals surface area contributed by atoms with Crippen molar-refractivity contribution in [1.29, 1.82) is 0 Å². The molecule has 0 radical (unpaired) electrons. The van der Waals surface area contributed by atoms with Crippen LogP contribution in [-0.4, -0.2) is 35.7 Å². The lowest BCUT2D eigenvalue weighted by Gasteiger charge is -2.26. The summed E-state index contributed by atoms with van der Waals surface area (Å²) in [6.45, 7) is 3.34. The summed E-state index contributed by atoms with van der Waals surface area (Å²) >= 11 is 6.22. The summed E-state index contributed by atoms with van der Waals surface area (Å²) < 4.78 is 0. The van der Waals surface area contributed by atoms with E-state index in [1.807, 2.05) is 24.0 Å². The zero-order chi connectivity index (χ0) is 21.3. The van der Waals surface area contributed by atoms with Crippen LogP contribution in [0.1, 0.15) is 35.2 Å². The number of aryl methyl sites for hydroxylation is 1. The Labute approximate surface area is 180 Å². The van der Waals surface area contributed by atoms with Crippen molar-refractivity contribution in [3.05, 3.63) is 70.4 Å². The highest BCUT2D eigenvalue weighted by atomic mass is 35.5. The van der Waals surface area contributed by atoms with Gasteiger partial charge in [0.25, 0.3) is 17.7 Å². The molecule has 2 aliphatic heterocycles. The first-order valence-electron chi connectivity index (χ1n) is 9.98. The minimum absolute atomic E-state index is 0.00694. The number of carbonyl (C=O) groups excluding carboxylic acids is 3. The van der Waals surface area contributed by atoms with Gasteiger partial charge in [-0.25, -0.2) is 4.90 Å². The molecule has 0 atom stereocenters. The molecule has 2 aliphatic rings. The molecule has 1 saturated heterocycles. The van der Waals surface area contributed by atoms with Crippen molar-refractivity contribution in [3.63, 3.8) is 0 Å². The van der Waals surface area contributed by atoms with Crippen LogP contribution in [0, 0.1) is 6.92 Å². The smallest absolute Gasteiger partial charge is 0.283 e. The van der Waals surface area contributed by atoms with Crippen LogP contribution >= 0.6 is 11.6 Å². The topological polar surface area (TPSA) is 69.7 Å². The quantitative estimate of drug-likeness (QED) is 0.753. The number of likely N-dealkylation sites (tertiary alicyclic amines) is 1. The number of piperidine rings is 1. The van der Waals surface area contributed by atoms with Crippen LogP contribution < -0.4 is 10.2 Å². The Morgan fingerprint density at radius 3 is 2.43 bits per heavy atom. The summed E-state index contributed by atoms with van der Waals surface area (Å²) in [5, 5.41) is 2.78. The molecule has 7 heteroatoms. The first kappa shape index (κ1) is 20.2. The van der Waals surface area contributed by atoms with E-state index in [1.54, 1.807) is 36.4 Å². The van der Waals surface area contributed by atoms with E-state index in [0.29, 0.717) is 16.9 Å². The van der Waals surface area contributed by atoms with Crippen molar-refractivity contribution in [2.24, 2.45) is 0 Å². The molecule has 1 fully saturated rings. The van der Waals surface area contributed by atoms with Gasteiger partial charge in [-0.05, 0) is 56.0 Å². The van der Waals surface area contributed by atoms with Gasteiger partial charge in [0.05, 0.1) is 5.69 Å². The van der Waals surface area contributed by atoms with Crippen molar-refractivity contribution >= 4 is 40.7 Å². The average Bonchev–Trinajstić information content (AvgIpc) is 2.98. The van der Waals surface area contributed by atoms with Crippen LogP contribution in [0.15, 0.2) is 59.3 Å². The number of hydrogen-bond acceptors (Lipinski definition) is 4. The lowest BCUT2D eigenvalue weighted by molar-refractivity contribution is -0.120. The molecule has 2 heterocycles. The van der Waals surface area contributed by atoms with Gasteiger partial charge in [-0.15, -0.1) is 0 Å². The first-order chi connectivity index (χ1) is 14.5. The van der Waals surface area contributed by atoms with E-state index in [0.717, 1.165) is 42.8 Å². The Hall–Kier alpha value is -3.12. The van der Waals surface area contributed by atoms with Crippen LogP contribution in [0.4, 0.5) is 11.4 Å². The lowest BCUT2D eigenvalue weighted by Crippen LogP contribution is -2.35. The average molecular weight is 424 g/mol. The maximum absolute atomic E-state index is 13.0. The SMILES string of the molecule is Cc1ccccc1N1C(=O)C(Cl)=C(Nc2cccc(C(=O)N3CCCCC3)c2)C1=O. The van der Waals surface area contributed by atoms with Crippen LogP contribution in [0.5, 0.6) is 0 Å². The van der Waals surface area contributed by atoms with E-state index in [1.165, 1.54) is 0 Å². The van der Waals surface area contributed by atoms with Crippen molar-refractivity contribution < 1.29 is 14.4 Å². The monoisotopic (exact) mass is 423 g/mol. The van der Waals surface area contributed by atoms with Gasteiger partial charge in [-0.2, -0.15) is 0 Å². The Morgan fingerprint density at radius 2 is 1.70 bits per heavy atom. The van der Waals surface area contributed by atoms with E-state index in [9.17, 15) is 14.4 Å². The van der Waals surface area contributed by atoms with Crippen LogP contribution in [-0.2, 0) is 9.59 Å². The Kier molecular flexibility index (Phi) is 5.59. The molecule has 4 rings (SSSR count). The second-order valence-corrected chi connectivity index (χ2v) is 7.86. The summed E-state index contributed by atoms with van der Waals surface area (Å²) in [7, 11) is 0. The van der Waals surface area contributed by atoms with Crippen molar-refractivity contribution in [1.82, 2.24) is 4.90 Å². The summed E-state index contributed by atoms with van der Waals surface area (Å²) in [6, 6.07) is 14.0. The fourth-order valence-electron chi connectivity index (χ4n) is 3.80. The van der Waals surface area contributed by atoms with Gasteiger partial charge in [-0.3, -0.25) is 14.4 Å². The fraction of sp³-hybridized carbons (Fsp3) is 0.261. The standard InChI is InChI=1S/C23H22ClN3O3/c1-15-8-3-4-11-18(15)27-22(29)19(24)20(23(27)30)25-17-10-7-9-16(14-17)21(28)26-12-5-2-6-13-26/h3-4,7-11,14,25H,2,5-6,12-13H2,1H3. The van der Waals surface area contributed by atoms with Gasteiger partial charge in [0.1, 0.15) is 10.7 Å². The highest BCUT2D eigenvalue weighted by Crippen LogP contribution is 2.32. The number of para-hydroxylation sites is 1. The molecule has 0 saturated carbocycles. The van der Waals surface area contributed by atoms with Crippen LogP contribution in [0.3, 0.4) is 0 Å². The number of halogens is 1. The summed E-state index contributed by atoms with van der Waals surface area (Å²) in [4.78, 5) is 41.3.